The van der Waals surface area contributed by atoms with Crippen molar-refractivity contribution >= 4 is 32.8 Å². The van der Waals surface area contributed by atoms with E-state index in [4.69, 9.17) is 0 Å². The minimum absolute atomic E-state index is 0.181. The zero-order chi connectivity index (χ0) is 14.6. The van der Waals surface area contributed by atoms with Gasteiger partial charge in [-0.15, -0.1) is 0 Å². The fourth-order valence-corrected chi connectivity index (χ4v) is 1.93. The lowest BCUT2D eigenvalue weighted by molar-refractivity contribution is -0.114. The Morgan fingerprint density at radius 3 is 1.89 bits per heavy atom. The van der Waals surface area contributed by atoms with E-state index in [2.05, 4.69) is 10.5 Å². The van der Waals surface area contributed by atoms with E-state index < -0.39 is 21.4 Å². The third-order valence-corrected chi connectivity index (χ3v) is 3.37. The lowest BCUT2D eigenvalue weighted by Crippen LogP contribution is -2.20. The smallest absolute Gasteiger partial charge is 0.183 e. The van der Waals surface area contributed by atoms with Gasteiger partial charge in [-0.2, -0.15) is 5.10 Å². The summed E-state index contributed by atoms with van der Waals surface area (Å²) in [6, 6.07) is 5.82. The Balaban J connectivity index is 2.93. The number of Topliss-reactive ketones (excluding diaryl/α,β-unsaturated/α-hetero) is 2. The predicted molar refractivity (Wildman–Crippen MR) is 72.0 cm³/mol. The van der Waals surface area contributed by atoms with Crippen molar-refractivity contribution in [2.24, 2.45) is 5.10 Å². The molecule has 0 heterocycles. The first kappa shape index (κ1) is 15.0. The fraction of sp³-hybridized carbons (Fsp3) is 0.250. The van der Waals surface area contributed by atoms with Gasteiger partial charge in [-0.05, 0) is 24.3 Å². The van der Waals surface area contributed by atoms with E-state index >= 15 is 0 Å². The van der Waals surface area contributed by atoms with E-state index in [0.717, 1.165) is 6.26 Å². The van der Waals surface area contributed by atoms with Crippen LogP contribution in [-0.4, -0.2) is 32.0 Å². The summed E-state index contributed by atoms with van der Waals surface area (Å²) in [6.07, 6.45) is 1.11. The highest BCUT2D eigenvalue weighted by molar-refractivity contribution is 7.90. The van der Waals surface area contributed by atoms with Crippen LogP contribution in [0.5, 0.6) is 0 Å². The summed E-state index contributed by atoms with van der Waals surface area (Å²) in [5.74, 6) is -0.875. The number of sulfone groups is 1. The summed E-state index contributed by atoms with van der Waals surface area (Å²) in [4.78, 5) is 22.4. The molecule has 0 spiro atoms. The summed E-state index contributed by atoms with van der Waals surface area (Å²) in [6.45, 7) is 2.49. The summed E-state index contributed by atoms with van der Waals surface area (Å²) < 4.78 is 22.5. The van der Waals surface area contributed by atoms with Crippen molar-refractivity contribution in [2.75, 3.05) is 11.7 Å². The molecule has 0 aromatic heterocycles. The zero-order valence-electron chi connectivity index (χ0n) is 10.8. The number of nitrogens with zero attached hydrogens (tertiary/aromatic N) is 1. The Kier molecular flexibility index (Phi) is 4.55. The maximum Gasteiger partial charge on any atom is 0.183 e. The number of carbonyl (C=O) groups is 2. The van der Waals surface area contributed by atoms with Crippen molar-refractivity contribution < 1.29 is 18.0 Å². The molecule has 0 atom stereocenters. The van der Waals surface area contributed by atoms with Crippen LogP contribution in [0.1, 0.15) is 13.8 Å². The Labute approximate surface area is 111 Å². The van der Waals surface area contributed by atoms with E-state index in [1.165, 1.54) is 38.1 Å². The van der Waals surface area contributed by atoms with Crippen LogP contribution in [0, 0.1) is 0 Å². The molecule has 0 bridgehead atoms. The minimum Gasteiger partial charge on any atom is -0.293 e. The monoisotopic (exact) mass is 282 g/mol. The second-order valence-electron chi connectivity index (χ2n) is 3.98. The number of rotatable bonds is 5. The molecule has 1 rings (SSSR count). The maximum atomic E-state index is 11.3. The number of hydrogen-bond acceptors (Lipinski definition) is 6. The average Bonchev–Trinajstić information content (AvgIpc) is 2.27. The molecular weight excluding hydrogens is 268 g/mol. The summed E-state index contributed by atoms with van der Waals surface area (Å²) in [7, 11) is -3.25. The molecule has 0 aliphatic heterocycles. The van der Waals surface area contributed by atoms with Crippen LogP contribution >= 0.6 is 0 Å². The Morgan fingerprint density at radius 2 is 1.53 bits per heavy atom. The van der Waals surface area contributed by atoms with Gasteiger partial charge in [0.1, 0.15) is 0 Å². The first-order valence-electron chi connectivity index (χ1n) is 5.37. The van der Waals surface area contributed by atoms with Crippen LogP contribution in [0.2, 0.25) is 0 Å². The van der Waals surface area contributed by atoms with Crippen molar-refractivity contribution in [1.29, 1.82) is 0 Å². The summed E-state index contributed by atoms with van der Waals surface area (Å²) in [5.41, 5.74) is 2.83. The molecule has 1 aromatic rings. The van der Waals surface area contributed by atoms with Gasteiger partial charge in [-0.3, -0.25) is 15.0 Å². The van der Waals surface area contributed by atoms with Crippen molar-refractivity contribution in [3.8, 4) is 0 Å². The lowest BCUT2D eigenvalue weighted by atomic mass is 10.2. The Hall–Kier alpha value is -2.02. The highest BCUT2D eigenvalue weighted by atomic mass is 32.2. The number of anilines is 1. The molecule has 0 saturated heterocycles. The maximum absolute atomic E-state index is 11.3. The number of hydrogen-bond donors (Lipinski definition) is 1. The highest BCUT2D eigenvalue weighted by Crippen LogP contribution is 2.13. The van der Waals surface area contributed by atoms with Crippen LogP contribution in [0.25, 0.3) is 0 Å². The fourth-order valence-electron chi connectivity index (χ4n) is 1.30. The molecule has 6 nitrogen and oxygen atoms in total. The number of ketones is 2. The van der Waals surface area contributed by atoms with Gasteiger partial charge in [0, 0.05) is 20.1 Å². The number of carbonyl (C=O) groups excluding carboxylic acids is 2. The molecule has 0 saturated carbocycles. The Bertz CT molecular complexity index is 614. The summed E-state index contributed by atoms with van der Waals surface area (Å²) in [5, 5.41) is 3.70. The molecule has 19 heavy (non-hydrogen) atoms. The molecule has 0 radical (unpaired) electrons. The van der Waals surface area contributed by atoms with Gasteiger partial charge >= 0.3 is 0 Å². The van der Waals surface area contributed by atoms with Crippen LogP contribution < -0.4 is 5.43 Å². The topological polar surface area (TPSA) is 92.7 Å². The zero-order valence-corrected chi connectivity index (χ0v) is 11.6. The second-order valence-corrected chi connectivity index (χ2v) is 6.00. The van der Waals surface area contributed by atoms with Gasteiger partial charge < -0.3 is 0 Å². The number of benzene rings is 1. The van der Waals surface area contributed by atoms with E-state index in [1.54, 1.807) is 0 Å². The molecule has 0 fully saturated rings. The van der Waals surface area contributed by atoms with E-state index in [-0.39, 0.29) is 10.6 Å². The third kappa shape index (κ3) is 4.29. The van der Waals surface area contributed by atoms with Gasteiger partial charge in [0.15, 0.2) is 27.1 Å². The quantitative estimate of drug-likeness (QED) is 0.495. The minimum atomic E-state index is -3.25. The predicted octanol–water partition coefficient (Wildman–Crippen LogP) is 1.04. The van der Waals surface area contributed by atoms with Gasteiger partial charge in [-0.1, -0.05) is 0 Å². The van der Waals surface area contributed by atoms with Crippen LogP contribution in [0.15, 0.2) is 34.3 Å². The first-order chi connectivity index (χ1) is 8.71. The normalized spacial score (nSPS) is 10.7. The third-order valence-electron chi connectivity index (χ3n) is 2.25. The van der Waals surface area contributed by atoms with Gasteiger partial charge in [0.25, 0.3) is 0 Å². The van der Waals surface area contributed by atoms with E-state index in [1.807, 2.05) is 0 Å². The van der Waals surface area contributed by atoms with E-state index in [9.17, 15) is 18.0 Å². The van der Waals surface area contributed by atoms with Gasteiger partial charge in [-0.25, -0.2) is 8.42 Å². The average molecular weight is 282 g/mol. The molecule has 1 aromatic carbocycles. The lowest BCUT2D eigenvalue weighted by Gasteiger charge is -2.03. The molecule has 0 unspecified atom stereocenters. The van der Waals surface area contributed by atoms with Crippen LogP contribution in [0.4, 0.5) is 5.69 Å². The standard InChI is InChI=1S/C12H14N2O4S/c1-8(15)12(9(2)16)14-13-10-4-6-11(7-5-10)19(3,17)18/h4-7,13H,1-3H3. The van der Waals surface area contributed by atoms with Crippen molar-refractivity contribution in [3.05, 3.63) is 24.3 Å². The number of hydrazone groups is 1. The highest BCUT2D eigenvalue weighted by Gasteiger charge is 2.11. The number of nitrogens with one attached hydrogen (secondary N) is 1. The second kappa shape index (κ2) is 5.75. The summed E-state index contributed by atoms with van der Waals surface area (Å²) >= 11 is 0. The van der Waals surface area contributed by atoms with Gasteiger partial charge in [0.2, 0.25) is 0 Å². The molecule has 7 heteroatoms. The van der Waals surface area contributed by atoms with Crippen LogP contribution in [0.3, 0.4) is 0 Å². The van der Waals surface area contributed by atoms with Crippen molar-refractivity contribution in [3.63, 3.8) is 0 Å². The SMILES string of the molecule is CC(=O)C(=NNc1ccc(S(C)(=O)=O)cc1)C(C)=O. The molecule has 1 N–H and O–H groups in total. The van der Waals surface area contributed by atoms with Gasteiger partial charge in [0.05, 0.1) is 10.6 Å². The first-order valence-corrected chi connectivity index (χ1v) is 7.26. The van der Waals surface area contributed by atoms with Crippen molar-refractivity contribution in [1.82, 2.24) is 0 Å². The molecule has 0 aliphatic rings. The Morgan fingerprint density at radius 1 is 1.05 bits per heavy atom. The molecule has 102 valence electrons. The molecule has 0 aliphatic carbocycles. The molecule has 0 amide bonds. The van der Waals surface area contributed by atoms with Crippen molar-refractivity contribution in [2.45, 2.75) is 18.7 Å². The molecular formula is C12H14N2O4S. The van der Waals surface area contributed by atoms with E-state index in [0.29, 0.717) is 5.69 Å². The largest absolute Gasteiger partial charge is 0.293 e. The van der Waals surface area contributed by atoms with Crippen LogP contribution in [-0.2, 0) is 19.4 Å².